The van der Waals surface area contributed by atoms with Crippen molar-refractivity contribution in [1.29, 1.82) is 0 Å². The van der Waals surface area contributed by atoms with E-state index >= 15 is 0 Å². The van der Waals surface area contributed by atoms with Gasteiger partial charge in [-0.25, -0.2) is 0 Å². The van der Waals surface area contributed by atoms with Crippen LogP contribution >= 0.6 is 0 Å². The molecule has 1 N–H and O–H groups in total. The second-order valence-electron chi connectivity index (χ2n) is 9.61. The van der Waals surface area contributed by atoms with Gasteiger partial charge in [0, 0.05) is 42.4 Å². The number of rotatable bonds is 9. The van der Waals surface area contributed by atoms with Crippen molar-refractivity contribution in [2.75, 3.05) is 27.3 Å². The number of carbonyl (C=O) groups excluding carboxylic acids is 2. The topological polar surface area (TPSA) is 71.1 Å². The molecule has 0 aromatic heterocycles. The van der Waals surface area contributed by atoms with E-state index in [-0.39, 0.29) is 18.4 Å². The lowest BCUT2D eigenvalue weighted by Crippen LogP contribution is -2.45. The second-order valence-corrected chi connectivity index (χ2v) is 9.61. The fourth-order valence-corrected chi connectivity index (χ4v) is 5.47. The van der Waals surface area contributed by atoms with E-state index in [1.807, 2.05) is 30.3 Å². The van der Waals surface area contributed by atoms with Crippen LogP contribution in [-0.4, -0.2) is 61.0 Å². The molecule has 1 saturated heterocycles. The number of likely N-dealkylation sites (tertiary alicyclic amines) is 1. The van der Waals surface area contributed by atoms with Gasteiger partial charge in [-0.15, -0.1) is 0 Å². The van der Waals surface area contributed by atoms with Gasteiger partial charge in [-0.2, -0.15) is 0 Å². The van der Waals surface area contributed by atoms with E-state index in [9.17, 15) is 9.59 Å². The number of ether oxygens (including phenoxy) is 2. The Morgan fingerprint density at radius 1 is 1.06 bits per heavy atom. The molecule has 0 radical (unpaired) electrons. The minimum absolute atomic E-state index is 0.143. The van der Waals surface area contributed by atoms with Crippen molar-refractivity contribution in [1.82, 2.24) is 15.1 Å². The molecule has 2 aromatic carbocycles. The molecule has 188 valence electrons. The Balaban J connectivity index is 1.47. The number of hydrogen-bond acceptors (Lipinski definition) is 5. The van der Waals surface area contributed by atoms with Crippen LogP contribution in [0.15, 0.2) is 42.5 Å². The lowest BCUT2D eigenvalue weighted by Gasteiger charge is -2.39. The maximum absolute atomic E-state index is 13.4. The first-order valence-corrected chi connectivity index (χ1v) is 12.6. The molecule has 2 heterocycles. The Hall–Kier alpha value is -3.06. The van der Waals surface area contributed by atoms with Crippen LogP contribution in [-0.2, 0) is 11.3 Å². The summed E-state index contributed by atoms with van der Waals surface area (Å²) in [5.41, 5.74) is 2.15. The maximum Gasteiger partial charge on any atom is 0.255 e. The van der Waals surface area contributed by atoms with Crippen molar-refractivity contribution in [2.24, 2.45) is 0 Å². The molecule has 0 aliphatic carbocycles. The number of piperidine rings is 1. The first kappa shape index (κ1) is 25.0. The minimum Gasteiger partial charge on any atom is -0.497 e. The van der Waals surface area contributed by atoms with Crippen LogP contribution in [0.2, 0.25) is 0 Å². The Kier molecular flexibility index (Phi) is 7.96. The van der Waals surface area contributed by atoms with Crippen molar-refractivity contribution in [3.05, 3.63) is 59.2 Å². The number of nitrogens with one attached hydrogen (secondary N) is 1. The van der Waals surface area contributed by atoms with Gasteiger partial charge in [-0.1, -0.05) is 24.6 Å². The van der Waals surface area contributed by atoms with Gasteiger partial charge in [0.2, 0.25) is 5.91 Å². The van der Waals surface area contributed by atoms with E-state index in [1.54, 1.807) is 31.3 Å². The van der Waals surface area contributed by atoms with E-state index in [4.69, 9.17) is 9.47 Å². The van der Waals surface area contributed by atoms with Crippen LogP contribution in [0, 0.1) is 0 Å². The zero-order chi connectivity index (χ0) is 24.9. The predicted octanol–water partition coefficient (Wildman–Crippen LogP) is 4.17. The van der Waals surface area contributed by atoms with Crippen LogP contribution in [0.1, 0.15) is 67.1 Å². The molecule has 2 aromatic rings. The molecule has 0 bridgehead atoms. The van der Waals surface area contributed by atoms with E-state index in [0.29, 0.717) is 35.7 Å². The van der Waals surface area contributed by atoms with Crippen molar-refractivity contribution >= 4 is 11.8 Å². The zero-order valence-corrected chi connectivity index (χ0v) is 21.3. The van der Waals surface area contributed by atoms with Crippen molar-refractivity contribution < 1.29 is 19.1 Å². The van der Waals surface area contributed by atoms with Gasteiger partial charge in [-0.3, -0.25) is 14.5 Å². The summed E-state index contributed by atoms with van der Waals surface area (Å²) < 4.78 is 10.8. The molecule has 2 aliphatic rings. The summed E-state index contributed by atoms with van der Waals surface area (Å²) in [4.78, 5) is 30.9. The van der Waals surface area contributed by atoms with Crippen molar-refractivity contribution in [3.8, 4) is 11.5 Å². The lowest BCUT2D eigenvalue weighted by molar-refractivity contribution is -0.125. The second kappa shape index (κ2) is 11.1. The molecule has 7 nitrogen and oxygen atoms in total. The van der Waals surface area contributed by atoms with E-state index in [2.05, 4.69) is 24.1 Å². The zero-order valence-electron chi connectivity index (χ0n) is 21.3. The van der Waals surface area contributed by atoms with Gasteiger partial charge in [-0.05, 0) is 56.9 Å². The van der Waals surface area contributed by atoms with Gasteiger partial charge >= 0.3 is 0 Å². The monoisotopic (exact) mass is 479 g/mol. The highest BCUT2D eigenvalue weighted by Gasteiger charge is 2.41. The largest absolute Gasteiger partial charge is 0.497 e. The Labute approximate surface area is 208 Å². The first-order valence-electron chi connectivity index (χ1n) is 12.6. The number of benzene rings is 2. The summed E-state index contributed by atoms with van der Waals surface area (Å²) in [7, 11) is 3.19. The quantitative estimate of drug-likeness (QED) is 0.547. The molecule has 0 spiro atoms. The van der Waals surface area contributed by atoms with Crippen molar-refractivity contribution in [3.63, 3.8) is 0 Å². The smallest absolute Gasteiger partial charge is 0.255 e. The minimum atomic E-state index is -0.668. The molecule has 0 saturated carbocycles. The summed E-state index contributed by atoms with van der Waals surface area (Å²) >= 11 is 0. The third kappa shape index (κ3) is 5.30. The highest BCUT2D eigenvalue weighted by Crippen LogP contribution is 2.37. The number of hydrogen-bond donors (Lipinski definition) is 1. The number of amides is 2. The molecular formula is C28H37N3O4. The highest BCUT2D eigenvalue weighted by atomic mass is 16.5. The number of carbonyl (C=O) groups is 2. The molecular weight excluding hydrogens is 442 g/mol. The van der Waals surface area contributed by atoms with Crippen LogP contribution < -0.4 is 14.8 Å². The SMILES string of the molecule is COc1ccc(CN2C(=O)c3ccccc3C2C(=O)NCCCN2C(C)CCCC2C)c(OC)c1. The third-order valence-corrected chi connectivity index (χ3v) is 7.41. The van der Waals surface area contributed by atoms with Gasteiger partial charge < -0.3 is 19.7 Å². The Bertz CT molecular complexity index is 1050. The average Bonchev–Trinajstić information content (AvgIpc) is 3.14. The summed E-state index contributed by atoms with van der Waals surface area (Å²) in [6.07, 6.45) is 4.65. The van der Waals surface area contributed by atoms with Gasteiger partial charge in [0.1, 0.15) is 17.5 Å². The van der Waals surface area contributed by atoms with Crippen molar-refractivity contribution in [2.45, 2.75) is 64.2 Å². The van der Waals surface area contributed by atoms with Gasteiger partial charge in [0.15, 0.2) is 0 Å². The molecule has 1 fully saturated rings. The number of fused-ring (bicyclic) bond motifs is 1. The van der Waals surface area contributed by atoms with E-state index in [0.717, 1.165) is 24.1 Å². The lowest BCUT2D eigenvalue weighted by atomic mass is 9.97. The summed E-state index contributed by atoms with van der Waals surface area (Å²) in [5.74, 6) is 1.01. The van der Waals surface area contributed by atoms with Crippen LogP contribution in [0.3, 0.4) is 0 Å². The third-order valence-electron chi connectivity index (χ3n) is 7.41. The predicted molar refractivity (Wildman–Crippen MR) is 136 cm³/mol. The number of methoxy groups -OCH3 is 2. The van der Waals surface area contributed by atoms with Crippen LogP contribution in [0.25, 0.3) is 0 Å². The number of nitrogens with zero attached hydrogens (tertiary/aromatic N) is 2. The Morgan fingerprint density at radius 2 is 1.80 bits per heavy atom. The summed E-state index contributed by atoms with van der Waals surface area (Å²) in [6.45, 7) is 6.40. The fraction of sp³-hybridized carbons (Fsp3) is 0.500. The van der Waals surface area contributed by atoms with E-state index in [1.165, 1.54) is 19.3 Å². The summed E-state index contributed by atoms with van der Waals surface area (Å²) in [6, 6.07) is 13.4. The molecule has 3 unspecified atom stereocenters. The van der Waals surface area contributed by atoms with Crippen LogP contribution in [0.4, 0.5) is 0 Å². The standard InChI is InChI=1S/C28H37N3O4/c1-19-9-7-10-20(2)30(19)16-8-15-29-27(32)26-23-11-5-6-12-24(23)28(33)31(26)18-21-13-14-22(34-3)17-25(21)35-4/h5-6,11-14,17,19-20,26H,7-10,15-16,18H2,1-4H3,(H,29,32). The molecule has 4 rings (SSSR count). The summed E-state index contributed by atoms with van der Waals surface area (Å²) in [5, 5.41) is 3.11. The molecule has 35 heavy (non-hydrogen) atoms. The highest BCUT2D eigenvalue weighted by molar-refractivity contribution is 6.04. The molecule has 3 atom stereocenters. The van der Waals surface area contributed by atoms with Crippen LogP contribution in [0.5, 0.6) is 11.5 Å². The maximum atomic E-state index is 13.4. The molecule has 2 aliphatic heterocycles. The average molecular weight is 480 g/mol. The molecule has 7 heteroatoms. The van der Waals surface area contributed by atoms with Gasteiger partial charge in [0.25, 0.3) is 5.91 Å². The van der Waals surface area contributed by atoms with E-state index < -0.39 is 6.04 Å². The fourth-order valence-electron chi connectivity index (χ4n) is 5.47. The van der Waals surface area contributed by atoms with Gasteiger partial charge in [0.05, 0.1) is 20.8 Å². The normalized spacial score (nSPS) is 22.1. The molecule has 2 amide bonds. The Morgan fingerprint density at radius 3 is 2.51 bits per heavy atom. The first-order chi connectivity index (χ1) is 16.9.